The van der Waals surface area contributed by atoms with E-state index in [1.807, 2.05) is 0 Å². The van der Waals surface area contributed by atoms with E-state index in [0.29, 0.717) is 12.8 Å². The summed E-state index contributed by atoms with van der Waals surface area (Å²) in [7, 11) is 0. The van der Waals surface area contributed by atoms with Crippen LogP contribution in [0.4, 0.5) is 18.0 Å². The molecule has 0 saturated heterocycles. The molecule has 19 heavy (non-hydrogen) atoms. The Kier molecular flexibility index (Phi) is 4.71. The number of ether oxygens (including phenoxy) is 1. The van der Waals surface area contributed by atoms with Crippen molar-refractivity contribution in [2.75, 3.05) is 13.2 Å². The smallest absolute Gasteiger partial charge is 0.422 e. The highest BCUT2D eigenvalue weighted by Gasteiger charge is 2.37. The van der Waals surface area contributed by atoms with E-state index < -0.39 is 24.5 Å². The fourth-order valence-corrected chi connectivity index (χ4v) is 2.00. The van der Waals surface area contributed by atoms with Crippen molar-refractivity contribution in [3.05, 3.63) is 0 Å². The van der Waals surface area contributed by atoms with Crippen LogP contribution in [0.25, 0.3) is 0 Å². The molecule has 1 rings (SSSR count). The second-order valence-corrected chi connectivity index (χ2v) is 5.93. The number of halogens is 3. The number of alkyl halides is 3. The number of carbonyl (C=O) groups excluding carboxylic acids is 1. The van der Waals surface area contributed by atoms with E-state index in [0.717, 1.165) is 12.8 Å². The van der Waals surface area contributed by atoms with Crippen molar-refractivity contribution < 1.29 is 27.8 Å². The van der Waals surface area contributed by atoms with E-state index in [2.05, 4.69) is 23.9 Å². The van der Waals surface area contributed by atoms with Gasteiger partial charge in [0.1, 0.15) is 0 Å². The average molecular weight is 283 g/mol. The Hall–Kier alpha value is -0.980. The molecular formula is C12H20F3NO3. The van der Waals surface area contributed by atoms with E-state index in [4.69, 9.17) is 0 Å². The Morgan fingerprint density at radius 2 is 1.79 bits per heavy atom. The molecule has 0 aromatic heterocycles. The monoisotopic (exact) mass is 283 g/mol. The minimum atomic E-state index is -4.54. The quantitative estimate of drug-likeness (QED) is 0.837. The van der Waals surface area contributed by atoms with Crippen molar-refractivity contribution in [1.29, 1.82) is 0 Å². The third kappa shape index (κ3) is 6.13. The molecule has 0 unspecified atom stereocenters. The largest absolute Gasteiger partial charge is 0.440 e. The van der Waals surface area contributed by atoms with Crippen molar-refractivity contribution in [2.45, 2.75) is 51.3 Å². The van der Waals surface area contributed by atoms with Crippen LogP contribution in [0, 0.1) is 5.41 Å². The molecule has 0 radical (unpaired) electrons. The lowest BCUT2D eigenvalue weighted by Gasteiger charge is -2.40. The van der Waals surface area contributed by atoms with Crippen LogP contribution in [0.5, 0.6) is 0 Å². The van der Waals surface area contributed by atoms with E-state index >= 15 is 0 Å². The molecule has 0 heterocycles. The topological polar surface area (TPSA) is 58.6 Å². The first kappa shape index (κ1) is 16.1. The second kappa shape index (κ2) is 5.56. The zero-order chi connectivity index (χ0) is 14.7. The molecule has 0 bridgehead atoms. The standard InChI is InChI=1S/C12H20F3NO3/c1-10(2)3-5-11(18,6-4-10)7-16-9(17)19-8-12(13,14)15/h18H,3-8H2,1-2H3,(H,16,17). The summed E-state index contributed by atoms with van der Waals surface area (Å²) in [6.45, 7) is 2.49. The summed E-state index contributed by atoms with van der Waals surface area (Å²) < 4.78 is 39.4. The van der Waals surface area contributed by atoms with Crippen molar-refractivity contribution in [1.82, 2.24) is 5.32 Å². The van der Waals surface area contributed by atoms with Gasteiger partial charge in [-0.3, -0.25) is 0 Å². The highest BCUT2D eigenvalue weighted by Crippen LogP contribution is 2.39. The first-order valence-corrected chi connectivity index (χ1v) is 6.21. The lowest BCUT2D eigenvalue weighted by atomic mass is 9.71. The minimum Gasteiger partial charge on any atom is -0.440 e. The third-order valence-corrected chi connectivity index (χ3v) is 3.46. The van der Waals surface area contributed by atoms with Gasteiger partial charge in [0.25, 0.3) is 0 Å². The maximum absolute atomic E-state index is 11.8. The summed E-state index contributed by atoms with van der Waals surface area (Å²) in [5, 5.41) is 12.4. The van der Waals surface area contributed by atoms with Gasteiger partial charge in [-0.15, -0.1) is 0 Å². The van der Waals surface area contributed by atoms with Gasteiger partial charge >= 0.3 is 12.3 Å². The van der Waals surface area contributed by atoms with Gasteiger partial charge in [-0.05, 0) is 31.1 Å². The van der Waals surface area contributed by atoms with E-state index in [1.165, 1.54) is 0 Å². The van der Waals surface area contributed by atoms with Gasteiger partial charge < -0.3 is 15.2 Å². The molecule has 1 fully saturated rings. The first-order chi connectivity index (χ1) is 8.52. The summed E-state index contributed by atoms with van der Waals surface area (Å²) in [6.07, 6.45) is -3.05. The van der Waals surface area contributed by atoms with Crippen LogP contribution in [0.1, 0.15) is 39.5 Å². The van der Waals surface area contributed by atoms with Gasteiger partial charge in [0.2, 0.25) is 0 Å². The number of nitrogens with one attached hydrogen (secondary N) is 1. The van der Waals surface area contributed by atoms with Crippen LogP contribution in [0.2, 0.25) is 0 Å². The summed E-state index contributed by atoms with van der Waals surface area (Å²) in [5.41, 5.74) is -0.893. The SMILES string of the molecule is CC1(C)CCC(O)(CNC(=O)OCC(F)(F)F)CC1. The van der Waals surface area contributed by atoms with Gasteiger partial charge in [0, 0.05) is 6.54 Å². The molecule has 1 amide bonds. The van der Waals surface area contributed by atoms with Crippen LogP contribution in [-0.2, 0) is 4.74 Å². The molecule has 0 aliphatic heterocycles. The fraction of sp³-hybridized carbons (Fsp3) is 0.917. The molecule has 0 spiro atoms. The molecule has 0 atom stereocenters. The highest BCUT2D eigenvalue weighted by atomic mass is 19.4. The number of hydrogen-bond acceptors (Lipinski definition) is 3. The Morgan fingerprint density at radius 1 is 1.26 bits per heavy atom. The Balaban J connectivity index is 2.30. The van der Waals surface area contributed by atoms with Gasteiger partial charge in [-0.1, -0.05) is 13.8 Å². The second-order valence-electron chi connectivity index (χ2n) is 5.93. The Bertz CT molecular complexity index is 319. The van der Waals surface area contributed by atoms with Crippen LogP contribution in [-0.4, -0.2) is 36.1 Å². The van der Waals surface area contributed by atoms with Gasteiger partial charge in [-0.2, -0.15) is 13.2 Å². The van der Waals surface area contributed by atoms with Gasteiger partial charge in [0.15, 0.2) is 6.61 Å². The van der Waals surface area contributed by atoms with Crippen molar-refractivity contribution in [3.63, 3.8) is 0 Å². The summed E-state index contributed by atoms with van der Waals surface area (Å²) in [4.78, 5) is 11.1. The normalized spacial score (nSPS) is 21.8. The van der Waals surface area contributed by atoms with Crippen LogP contribution in [0.3, 0.4) is 0 Å². The number of amides is 1. The zero-order valence-electron chi connectivity index (χ0n) is 11.1. The van der Waals surface area contributed by atoms with Crippen LogP contribution < -0.4 is 5.32 Å². The van der Waals surface area contributed by atoms with Crippen molar-refractivity contribution in [3.8, 4) is 0 Å². The number of aliphatic hydroxyl groups is 1. The molecule has 1 saturated carbocycles. The molecule has 7 heteroatoms. The predicted octanol–water partition coefficient (Wildman–Crippen LogP) is 2.61. The molecule has 1 aliphatic carbocycles. The molecule has 112 valence electrons. The lowest BCUT2D eigenvalue weighted by Crippen LogP contribution is -2.47. The van der Waals surface area contributed by atoms with E-state index in [1.54, 1.807) is 0 Å². The molecule has 1 aliphatic rings. The molecule has 0 aromatic carbocycles. The van der Waals surface area contributed by atoms with Gasteiger partial charge in [-0.25, -0.2) is 4.79 Å². The van der Waals surface area contributed by atoms with Crippen LogP contribution >= 0.6 is 0 Å². The fourth-order valence-electron chi connectivity index (χ4n) is 2.00. The number of carbonyl (C=O) groups is 1. The predicted molar refractivity (Wildman–Crippen MR) is 62.6 cm³/mol. The molecular weight excluding hydrogens is 263 g/mol. The summed E-state index contributed by atoms with van der Waals surface area (Å²) >= 11 is 0. The Labute approximate surface area is 110 Å². The molecule has 4 nitrogen and oxygen atoms in total. The van der Waals surface area contributed by atoms with Crippen molar-refractivity contribution >= 4 is 6.09 Å². The lowest BCUT2D eigenvalue weighted by molar-refractivity contribution is -0.160. The Morgan fingerprint density at radius 3 is 2.26 bits per heavy atom. The maximum Gasteiger partial charge on any atom is 0.422 e. The summed E-state index contributed by atoms with van der Waals surface area (Å²) in [6, 6.07) is 0. The van der Waals surface area contributed by atoms with Gasteiger partial charge in [0.05, 0.1) is 5.60 Å². The number of rotatable bonds is 3. The maximum atomic E-state index is 11.8. The highest BCUT2D eigenvalue weighted by molar-refractivity contribution is 5.67. The summed E-state index contributed by atoms with van der Waals surface area (Å²) in [5.74, 6) is 0. The van der Waals surface area contributed by atoms with E-state index in [9.17, 15) is 23.1 Å². The van der Waals surface area contributed by atoms with Crippen molar-refractivity contribution in [2.24, 2.45) is 5.41 Å². The average Bonchev–Trinajstić information content (AvgIpc) is 2.28. The van der Waals surface area contributed by atoms with E-state index in [-0.39, 0.29) is 12.0 Å². The number of hydrogen-bond donors (Lipinski definition) is 2. The number of alkyl carbamates (subject to hydrolysis) is 1. The zero-order valence-corrected chi connectivity index (χ0v) is 11.1. The molecule has 2 N–H and O–H groups in total. The third-order valence-electron chi connectivity index (χ3n) is 3.46. The molecule has 0 aromatic rings. The minimum absolute atomic E-state index is 0.0836. The van der Waals surface area contributed by atoms with Crippen LogP contribution in [0.15, 0.2) is 0 Å². The first-order valence-electron chi connectivity index (χ1n) is 6.21.